The predicted octanol–water partition coefficient (Wildman–Crippen LogP) is -1.37. The van der Waals surface area contributed by atoms with Crippen LogP contribution in [-0.4, -0.2) is 39.1 Å². The van der Waals surface area contributed by atoms with Crippen LogP contribution in [0.5, 0.6) is 0 Å². The summed E-state index contributed by atoms with van der Waals surface area (Å²) in [5.74, 6) is 0. The molecule has 2 heterocycles. The summed E-state index contributed by atoms with van der Waals surface area (Å²) in [6.45, 7) is 0.0360. The SMILES string of the molecule is CN(Cc1ccn[nH]1)S(=O)(=O)c1cn(C)c(=O)n(C)c1=O. The molecule has 1 N–H and O–H groups in total. The molecule has 0 aliphatic heterocycles. The number of sulfonamides is 1. The van der Waals surface area contributed by atoms with E-state index >= 15 is 0 Å². The van der Waals surface area contributed by atoms with Crippen LogP contribution in [0.2, 0.25) is 0 Å². The molecule has 0 unspecified atom stereocenters. The molecule has 0 bridgehead atoms. The fraction of sp³-hybridized carbons (Fsp3) is 0.364. The maximum absolute atomic E-state index is 12.5. The van der Waals surface area contributed by atoms with Crippen molar-refractivity contribution in [2.75, 3.05) is 7.05 Å². The van der Waals surface area contributed by atoms with Gasteiger partial charge in [-0.05, 0) is 6.07 Å². The molecule has 0 spiro atoms. The Balaban J connectivity index is 2.50. The van der Waals surface area contributed by atoms with Gasteiger partial charge in [0, 0.05) is 33.5 Å². The number of hydrogen-bond donors (Lipinski definition) is 1. The topological polar surface area (TPSA) is 110 Å². The molecular formula is C11H15N5O4S. The van der Waals surface area contributed by atoms with E-state index in [0.29, 0.717) is 5.69 Å². The number of nitrogens with one attached hydrogen (secondary N) is 1. The first-order valence-electron chi connectivity index (χ1n) is 5.96. The summed E-state index contributed by atoms with van der Waals surface area (Å²) in [6, 6.07) is 1.63. The fourth-order valence-corrected chi connectivity index (χ4v) is 3.11. The summed E-state index contributed by atoms with van der Waals surface area (Å²) < 4.78 is 27.7. The molecule has 0 aliphatic rings. The highest BCUT2D eigenvalue weighted by Gasteiger charge is 2.26. The number of aromatic amines is 1. The van der Waals surface area contributed by atoms with Gasteiger partial charge < -0.3 is 4.57 Å². The number of aryl methyl sites for hydroxylation is 1. The Hall–Kier alpha value is -2.20. The number of aromatic nitrogens is 4. The first-order valence-corrected chi connectivity index (χ1v) is 7.40. The lowest BCUT2D eigenvalue weighted by Gasteiger charge is -2.16. The van der Waals surface area contributed by atoms with Crippen LogP contribution in [0.4, 0.5) is 0 Å². The van der Waals surface area contributed by atoms with Crippen molar-refractivity contribution in [1.29, 1.82) is 0 Å². The Morgan fingerprint density at radius 3 is 2.57 bits per heavy atom. The quantitative estimate of drug-likeness (QED) is 0.748. The summed E-state index contributed by atoms with van der Waals surface area (Å²) in [7, 11) is -0.0478. The minimum absolute atomic E-state index is 0.0360. The molecule has 2 aromatic rings. The molecule has 0 aliphatic carbocycles. The van der Waals surface area contributed by atoms with Crippen LogP contribution in [0.1, 0.15) is 5.69 Å². The van der Waals surface area contributed by atoms with E-state index in [2.05, 4.69) is 10.2 Å². The summed E-state index contributed by atoms with van der Waals surface area (Å²) >= 11 is 0. The van der Waals surface area contributed by atoms with E-state index < -0.39 is 26.2 Å². The lowest BCUT2D eigenvalue weighted by atomic mass is 10.4. The molecule has 0 fully saturated rings. The van der Waals surface area contributed by atoms with Crippen LogP contribution >= 0.6 is 0 Å². The first kappa shape index (κ1) is 15.2. The molecule has 0 atom stereocenters. The van der Waals surface area contributed by atoms with Crippen molar-refractivity contribution in [3.8, 4) is 0 Å². The van der Waals surface area contributed by atoms with Crippen LogP contribution in [0.3, 0.4) is 0 Å². The molecule has 0 saturated carbocycles. The van der Waals surface area contributed by atoms with Gasteiger partial charge in [0.05, 0.1) is 12.2 Å². The molecule has 0 aromatic carbocycles. The molecule has 9 nitrogen and oxygen atoms in total. The molecule has 0 saturated heterocycles. The van der Waals surface area contributed by atoms with Crippen LogP contribution < -0.4 is 11.2 Å². The Kier molecular flexibility index (Phi) is 3.83. The Morgan fingerprint density at radius 2 is 2.00 bits per heavy atom. The van der Waals surface area contributed by atoms with E-state index in [9.17, 15) is 18.0 Å². The summed E-state index contributed by atoms with van der Waals surface area (Å²) in [5, 5.41) is 6.37. The third-order valence-corrected chi connectivity index (χ3v) is 4.84. The van der Waals surface area contributed by atoms with Crippen LogP contribution in [-0.2, 0) is 30.7 Å². The highest BCUT2D eigenvalue weighted by Crippen LogP contribution is 2.11. The highest BCUT2D eigenvalue weighted by atomic mass is 32.2. The predicted molar refractivity (Wildman–Crippen MR) is 74.2 cm³/mol. The van der Waals surface area contributed by atoms with Gasteiger partial charge in [0.15, 0.2) is 4.90 Å². The molecule has 21 heavy (non-hydrogen) atoms. The molecule has 10 heteroatoms. The van der Waals surface area contributed by atoms with E-state index in [1.807, 2.05) is 0 Å². The van der Waals surface area contributed by atoms with Gasteiger partial charge >= 0.3 is 5.69 Å². The van der Waals surface area contributed by atoms with Gasteiger partial charge in [0.1, 0.15) is 0 Å². The Bertz CT molecular complexity index is 863. The monoisotopic (exact) mass is 313 g/mol. The van der Waals surface area contributed by atoms with Gasteiger partial charge in [0.2, 0.25) is 10.0 Å². The largest absolute Gasteiger partial charge is 0.330 e. The molecule has 2 aromatic heterocycles. The minimum atomic E-state index is -4.01. The second-order valence-corrected chi connectivity index (χ2v) is 6.61. The molecule has 0 radical (unpaired) electrons. The van der Waals surface area contributed by atoms with E-state index in [1.165, 1.54) is 27.3 Å². The summed E-state index contributed by atoms with van der Waals surface area (Å²) in [6.07, 6.45) is 2.53. The van der Waals surface area contributed by atoms with E-state index in [4.69, 9.17) is 0 Å². The van der Waals surface area contributed by atoms with Crippen molar-refractivity contribution in [1.82, 2.24) is 23.6 Å². The number of hydrogen-bond acceptors (Lipinski definition) is 5. The molecule has 0 amide bonds. The van der Waals surface area contributed by atoms with E-state index in [1.54, 1.807) is 6.07 Å². The van der Waals surface area contributed by atoms with Crippen molar-refractivity contribution in [2.24, 2.45) is 14.1 Å². The van der Waals surface area contributed by atoms with Crippen molar-refractivity contribution < 1.29 is 8.42 Å². The average Bonchev–Trinajstić information content (AvgIpc) is 2.93. The summed E-state index contributed by atoms with van der Waals surface area (Å²) in [5.41, 5.74) is -0.854. The standard InChI is InChI=1S/C11H15N5O4S/c1-14-7-9(10(17)16(3)11(14)18)21(19,20)15(2)6-8-4-5-12-13-8/h4-5,7H,6H2,1-3H3,(H,12,13). The van der Waals surface area contributed by atoms with Gasteiger partial charge in [-0.2, -0.15) is 9.40 Å². The fourth-order valence-electron chi connectivity index (χ4n) is 1.82. The lowest BCUT2D eigenvalue weighted by molar-refractivity contribution is 0.458. The van der Waals surface area contributed by atoms with Gasteiger partial charge in [-0.1, -0.05) is 0 Å². The molecule has 2 rings (SSSR count). The smallest absolute Gasteiger partial charge is 0.302 e. The van der Waals surface area contributed by atoms with Crippen molar-refractivity contribution in [2.45, 2.75) is 11.4 Å². The van der Waals surface area contributed by atoms with Gasteiger partial charge in [-0.3, -0.25) is 14.5 Å². The molecule has 114 valence electrons. The summed E-state index contributed by atoms with van der Waals surface area (Å²) in [4.78, 5) is 23.2. The van der Waals surface area contributed by atoms with Crippen LogP contribution in [0, 0.1) is 0 Å². The lowest BCUT2D eigenvalue weighted by Crippen LogP contribution is -2.41. The highest BCUT2D eigenvalue weighted by molar-refractivity contribution is 7.89. The maximum Gasteiger partial charge on any atom is 0.330 e. The van der Waals surface area contributed by atoms with Crippen LogP contribution in [0.15, 0.2) is 32.9 Å². The van der Waals surface area contributed by atoms with Crippen LogP contribution in [0.25, 0.3) is 0 Å². The minimum Gasteiger partial charge on any atom is -0.302 e. The zero-order chi connectivity index (χ0) is 15.8. The Morgan fingerprint density at radius 1 is 1.33 bits per heavy atom. The zero-order valence-corrected chi connectivity index (χ0v) is 12.6. The Labute approximate surface area is 120 Å². The first-order chi connectivity index (χ1) is 9.75. The van der Waals surface area contributed by atoms with Crippen molar-refractivity contribution in [3.05, 3.63) is 45.0 Å². The second-order valence-electron chi connectivity index (χ2n) is 4.59. The average molecular weight is 313 g/mol. The second kappa shape index (κ2) is 5.30. The maximum atomic E-state index is 12.5. The number of rotatable bonds is 4. The number of nitrogens with zero attached hydrogens (tertiary/aromatic N) is 4. The van der Waals surface area contributed by atoms with E-state index in [0.717, 1.165) is 19.6 Å². The van der Waals surface area contributed by atoms with Gasteiger partial charge in [0.25, 0.3) is 5.56 Å². The van der Waals surface area contributed by atoms with Gasteiger partial charge in [-0.15, -0.1) is 0 Å². The third kappa shape index (κ3) is 2.67. The van der Waals surface area contributed by atoms with Gasteiger partial charge in [-0.25, -0.2) is 13.2 Å². The van der Waals surface area contributed by atoms with Crippen molar-refractivity contribution >= 4 is 10.0 Å². The third-order valence-electron chi connectivity index (χ3n) is 3.05. The van der Waals surface area contributed by atoms with Crippen molar-refractivity contribution in [3.63, 3.8) is 0 Å². The normalized spacial score (nSPS) is 12.0. The zero-order valence-electron chi connectivity index (χ0n) is 11.8. The number of H-pyrrole nitrogens is 1. The van der Waals surface area contributed by atoms with E-state index in [-0.39, 0.29) is 6.54 Å². The molecular weight excluding hydrogens is 298 g/mol.